The summed E-state index contributed by atoms with van der Waals surface area (Å²) in [7, 11) is -2.35. The standard InChI is InChI=1S/C11H13N3O5S/c1-14-11(10(13-19-14)12-7-9(15)16)20(17,18)8-5-3-2-4-6-8/h2-6,11H,7H2,1H3,(H,12,13)(H,15,16). The highest BCUT2D eigenvalue weighted by Crippen LogP contribution is 2.21. The lowest BCUT2D eigenvalue weighted by atomic mass is 10.4. The summed E-state index contributed by atoms with van der Waals surface area (Å²) in [6.45, 7) is -0.541. The summed E-state index contributed by atoms with van der Waals surface area (Å²) in [6.07, 6.45) is 0. The minimum Gasteiger partial charge on any atom is -0.480 e. The van der Waals surface area contributed by atoms with Gasteiger partial charge in [-0.3, -0.25) is 9.79 Å². The van der Waals surface area contributed by atoms with Crippen LogP contribution in [0.2, 0.25) is 0 Å². The number of aliphatic imine (C=N–C) groups is 1. The molecule has 1 atom stereocenters. The lowest BCUT2D eigenvalue weighted by molar-refractivity contribution is -0.141. The molecule has 0 aliphatic carbocycles. The van der Waals surface area contributed by atoms with Gasteiger partial charge in [-0.15, -0.1) is 5.06 Å². The van der Waals surface area contributed by atoms with Crippen LogP contribution in [0.1, 0.15) is 0 Å². The molecule has 1 aliphatic heterocycles. The van der Waals surface area contributed by atoms with Gasteiger partial charge in [0.05, 0.1) is 4.90 Å². The summed E-state index contributed by atoms with van der Waals surface area (Å²) < 4.78 is 25.0. The third kappa shape index (κ3) is 2.79. The molecule has 2 rings (SSSR count). The summed E-state index contributed by atoms with van der Waals surface area (Å²) in [6, 6.07) is 7.81. The molecule has 0 amide bonds. The number of hydroxylamine groups is 3. The molecule has 1 heterocycles. The molecule has 2 N–H and O–H groups in total. The fourth-order valence-electron chi connectivity index (χ4n) is 1.73. The van der Waals surface area contributed by atoms with E-state index < -0.39 is 27.7 Å². The van der Waals surface area contributed by atoms with Crippen molar-refractivity contribution in [3.63, 3.8) is 0 Å². The summed E-state index contributed by atoms with van der Waals surface area (Å²) >= 11 is 0. The zero-order valence-corrected chi connectivity index (χ0v) is 11.4. The maximum Gasteiger partial charge on any atom is 0.325 e. The van der Waals surface area contributed by atoms with Gasteiger partial charge in [-0.25, -0.2) is 13.9 Å². The van der Waals surface area contributed by atoms with E-state index in [1.54, 1.807) is 18.2 Å². The van der Waals surface area contributed by atoms with Crippen molar-refractivity contribution in [3.8, 4) is 0 Å². The van der Waals surface area contributed by atoms with Gasteiger partial charge in [-0.1, -0.05) is 18.2 Å². The number of hydrogen-bond acceptors (Lipinski definition) is 6. The number of amidine groups is 1. The quantitative estimate of drug-likeness (QED) is 0.782. The first-order chi connectivity index (χ1) is 9.43. The third-order valence-corrected chi connectivity index (χ3v) is 4.65. The van der Waals surface area contributed by atoms with Gasteiger partial charge in [-0.05, 0) is 12.1 Å². The number of aliphatic carboxylic acids is 1. The van der Waals surface area contributed by atoms with E-state index in [0.717, 1.165) is 5.06 Å². The molecule has 1 aromatic carbocycles. The van der Waals surface area contributed by atoms with E-state index in [2.05, 4.69) is 10.5 Å². The van der Waals surface area contributed by atoms with Gasteiger partial charge in [0.2, 0.25) is 15.2 Å². The number of nitrogens with zero attached hydrogens (tertiary/aromatic N) is 2. The Balaban J connectivity index is 2.38. The normalized spacial score (nSPS) is 21.9. The average Bonchev–Trinajstić information content (AvgIpc) is 2.79. The molecule has 1 aliphatic rings. The van der Waals surface area contributed by atoms with Gasteiger partial charge in [0, 0.05) is 7.05 Å². The van der Waals surface area contributed by atoms with Crippen LogP contribution >= 0.6 is 0 Å². The van der Waals surface area contributed by atoms with Crippen LogP contribution in [0.3, 0.4) is 0 Å². The molecule has 1 saturated heterocycles. The number of hydrogen-bond donors (Lipinski definition) is 2. The molecule has 8 nitrogen and oxygen atoms in total. The van der Waals surface area contributed by atoms with Gasteiger partial charge in [-0.2, -0.15) is 4.94 Å². The van der Waals surface area contributed by atoms with Crippen molar-refractivity contribution in [2.24, 2.45) is 4.99 Å². The van der Waals surface area contributed by atoms with E-state index in [1.165, 1.54) is 19.2 Å². The molecule has 108 valence electrons. The Morgan fingerprint density at radius 3 is 2.70 bits per heavy atom. The highest BCUT2D eigenvalue weighted by Gasteiger charge is 2.41. The van der Waals surface area contributed by atoms with Crippen LogP contribution in [0.15, 0.2) is 40.2 Å². The van der Waals surface area contributed by atoms with Crippen molar-refractivity contribution >= 4 is 21.6 Å². The average molecular weight is 299 g/mol. The Hall–Kier alpha value is -1.97. The monoisotopic (exact) mass is 299 g/mol. The molecule has 20 heavy (non-hydrogen) atoms. The lowest BCUT2D eigenvalue weighted by Gasteiger charge is -2.15. The Morgan fingerprint density at radius 1 is 1.45 bits per heavy atom. The second kappa shape index (κ2) is 5.57. The maximum absolute atomic E-state index is 12.5. The fraction of sp³-hybridized carbons (Fsp3) is 0.273. The number of rotatable bonds is 4. The minimum absolute atomic E-state index is 0.0567. The largest absolute Gasteiger partial charge is 0.480 e. The van der Waals surface area contributed by atoms with Crippen molar-refractivity contribution in [2.45, 2.75) is 10.3 Å². The first-order valence-corrected chi connectivity index (χ1v) is 7.18. The second-order valence-corrected chi connectivity index (χ2v) is 6.05. The summed E-state index contributed by atoms with van der Waals surface area (Å²) in [5, 5.41) is 8.48. The van der Waals surface area contributed by atoms with Gasteiger partial charge in [0.15, 0.2) is 5.84 Å². The number of benzene rings is 1. The van der Waals surface area contributed by atoms with Crippen LogP contribution in [-0.2, 0) is 19.6 Å². The maximum atomic E-state index is 12.5. The minimum atomic E-state index is -3.77. The first-order valence-electron chi connectivity index (χ1n) is 5.64. The van der Waals surface area contributed by atoms with E-state index in [-0.39, 0.29) is 10.7 Å². The molecular weight excluding hydrogens is 286 g/mol. The smallest absolute Gasteiger partial charge is 0.325 e. The van der Waals surface area contributed by atoms with E-state index in [1.807, 2.05) is 0 Å². The Labute approximate surface area is 115 Å². The topological polar surface area (TPSA) is 108 Å². The Bertz CT molecular complexity index is 629. The third-order valence-electron chi connectivity index (χ3n) is 2.61. The first kappa shape index (κ1) is 14.4. The van der Waals surface area contributed by atoms with Gasteiger partial charge < -0.3 is 5.11 Å². The molecular formula is C11H13N3O5S. The number of carboxylic acids is 1. The van der Waals surface area contributed by atoms with Crippen molar-refractivity contribution in [3.05, 3.63) is 30.3 Å². The van der Waals surface area contributed by atoms with Gasteiger partial charge in [0.25, 0.3) is 0 Å². The van der Waals surface area contributed by atoms with Crippen molar-refractivity contribution in [1.29, 1.82) is 0 Å². The van der Waals surface area contributed by atoms with Crippen molar-refractivity contribution in [1.82, 2.24) is 10.5 Å². The summed E-state index contributed by atoms with van der Waals surface area (Å²) in [5.74, 6) is -1.22. The Kier molecular flexibility index (Phi) is 4.02. The number of carbonyl (C=O) groups is 1. The van der Waals surface area contributed by atoms with Crippen LogP contribution in [0.4, 0.5) is 0 Å². The van der Waals surface area contributed by atoms with Crippen LogP contribution in [0.5, 0.6) is 0 Å². The molecule has 0 bridgehead atoms. The Morgan fingerprint density at radius 2 is 2.10 bits per heavy atom. The summed E-state index contributed by atoms with van der Waals surface area (Å²) in [5.41, 5.74) is 2.32. The van der Waals surface area contributed by atoms with Crippen molar-refractivity contribution < 1.29 is 23.3 Å². The van der Waals surface area contributed by atoms with Crippen LogP contribution in [-0.4, -0.2) is 49.4 Å². The molecule has 1 fully saturated rings. The van der Waals surface area contributed by atoms with E-state index in [9.17, 15) is 13.2 Å². The predicted octanol–water partition coefficient (Wildman–Crippen LogP) is -0.349. The summed E-state index contributed by atoms with van der Waals surface area (Å²) in [4.78, 5) is 19.2. The van der Waals surface area contributed by atoms with E-state index in [0.29, 0.717) is 0 Å². The van der Waals surface area contributed by atoms with Crippen LogP contribution in [0.25, 0.3) is 0 Å². The van der Waals surface area contributed by atoms with Gasteiger partial charge >= 0.3 is 5.97 Å². The molecule has 0 saturated carbocycles. The van der Waals surface area contributed by atoms with Crippen molar-refractivity contribution in [2.75, 3.05) is 13.6 Å². The number of likely N-dealkylation sites (N-methyl/N-ethyl adjacent to an activating group) is 1. The van der Waals surface area contributed by atoms with Gasteiger partial charge in [0.1, 0.15) is 6.54 Å². The van der Waals surface area contributed by atoms with Crippen LogP contribution < -0.4 is 5.48 Å². The molecule has 1 aromatic rings. The predicted molar refractivity (Wildman–Crippen MR) is 69.3 cm³/mol. The fourth-order valence-corrected chi connectivity index (χ4v) is 3.38. The number of nitrogens with one attached hydrogen (secondary N) is 1. The highest BCUT2D eigenvalue weighted by atomic mass is 32.2. The molecule has 0 aromatic heterocycles. The molecule has 9 heteroatoms. The second-order valence-electron chi connectivity index (χ2n) is 4.05. The lowest BCUT2D eigenvalue weighted by Crippen LogP contribution is -2.38. The number of sulfone groups is 1. The molecule has 0 radical (unpaired) electrons. The highest BCUT2D eigenvalue weighted by molar-refractivity contribution is 7.92. The SMILES string of the molecule is CN1ONC(=NCC(=O)O)C1S(=O)(=O)c1ccccc1. The zero-order chi connectivity index (χ0) is 14.8. The molecule has 0 spiro atoms. The van der Waals surface area contributed by atoms with E-state index in [4.69, 9.17) is 10.0 Å². The zero-order valence-electron chi connectivity index (χ0n) is 10.6. The molecule has 1 unspecified atom stereocenters. The van der Waals surface area contributed by atoms with Crippen LogP contribution in [0, 0.1) is 0 Å². The van der Waals surface area contributed by atoms with E-state index >= 15 is 0 Å². The number of carboxylic acid groups (broad SMARTS) is 1.